The van der Waals surface area contributed by atoms with E-state index in [9.17, 15) is 4.79 Å². The van der Waals surface area contributed by atoms with Crippen molar-refractivity contribution < 1.29 is 9.53 Å². The highest BCUT2D eigenvalue weighted by molar-refractivity contribution is 5.67. The highest BCUT2D eigenvalue weighted by Gasteiger charge is 2.11. The van der Waals surface area contributed by atoms with Crippen molar-refractivity contribution in [2.45, 2.75) is 58.3 Å². The molecule has 0 rings (SSSR count). The largest absolute Gasteiger partial charge is 0.453 e. The molecule has 0 aliphatic rings. The van der Waals surface area contributed by atoms with Crippen molar-refractivity contribution in [1.29, 1.82) is 0 Å². The fraction of sp³-hybridized carbons (Fsp3) is 0.929. The van der Waals surface area contributed by atoms with Crippen molar-refractivity contribution in [2.24, 2.45) is 5.73 Å². The van der Waals surface area contributed by atoms with E-state index >= 15 is 0 Å². The van der Waals surface area contributed by atoms with E-state index in [4.69, 9.17) is 10.5 Å². The number of unbranched alkanes of at least 4 members (excludes halogenated alkanes) is 6. The van der Waals surface area contributed by atoms with Crippen LogP contribution in [0.15, 0.2) is 0 Å². The number of hydrogen-bond acceptors (Lipinski definition) is 3. The van der Waals surface area contributed by atoms with Gasteiger partial charge in [0.15, 0.2) is 0 Å². The second-order valence-corrected chi connectivity index (χ2v) is 4.72. The van der Waals surface area contributed by atoms with Gasteiger partial charge in [-0.1, -0.05) is 45.4 Å². The average molecular weight is 258 g/mol. The Morgan fingerprint density at radius 1 is 1.00 bits per heavy atom. The SMILES string of the molecule is CCCCCCCCCN(CCCN)C(=O)OC. The molecular formula is C14H30N2O2. The number of rotatable bonds is 11. The van der Waals surface area contributed by atoms with Crippen LogP contribution in [-0.2, 0) is 4.74 Å². The van der Waals surface area contributed by atoms with Crippen LogP contribution in [0.4, 0.5) is 4.79 Å². The number of carbonyl (C=O) groups excluding carboxylic acids is 1. The van der Waals surface area contributed by atoms with E-state index in [1.54, 1.807) is 4.90 Å². The molecule has 0 aromatic heterocycles. The van der Waals surface area contributed by atoms with Crippen LogP contribution in [0.5, 0.6) is 0 Å². The molecule has 1 amide bonds. The summed E-state index contributed by atoms with van der Waals surface area (Å²) in [6.45, 7) is 4.34. The lowest BCUT2D eigenvalue weighted by molar-refractivity contribution is 0.122. The van der Waals surface area contributed by atoms with Crippen molar-refractivity contribution in [3.8, 4) is 0 Å². The van der Waals surface area contributed by atoms with Crippen molar-refractivity contribution in [3.63, 3.8) is 0 Å². The predicted molar refractivity (Wildman–Crippen MR) is 75.6 cm³/mol. The maximum Gasteiger partial charge on any atom is 0.409 e. The summed E-state index contributed by atoms with van der Waals surface area (Å²) >= 11 is 0. The summed E-state index contributed by atoms with van der Waals surface area (Å²) in [5.74, 6) is 0. The first-order chi connectivity index (χ1) is 8.76. The van der Waals surface area contributed by atoms with E-state index < -0.39 is 0 Å². The second-order valence-electron chi connectivity index (χ2n) is 4.72. The molecule has 0 unspecified atom stereocenters. The average Bonchev–Trinajstić information content (AvgIpc) is 2.40. The molecule has 0 heterocycles. The maximum atomic E-state index is 11.5. The van der Waals surface area contributed by atoms with Gasteiger partial charge in [-0.05, 0) is 19.4 Å². The van der Waals surface area contributed by atoms with E-state index in [0.29, 0.717) is 13.1 Å². The summed E-state index contributed by atoms with van der Waals surface area (Å²) in [5.41, 5.74) is 5.46. The van der Waals surface area contributed by atoms with Gasteiger partial charge in [-0.2, -0.15) is 0 Å². The van der Waals surface area contributed by atoms with Gasteiger partial charge in [0.25, 0.3) is 0 Å². The van der Waals surface area contributed by atoms with Gasteiger partial charge in [-0.3, -0.25) is 0 Å². The number of carbonyl (C=O) groups is 1. The van der Waals surface area contributed by atoms with Crippen molar-refractivity contribution in [1.82, 2.24) is 4.90 Å². The van der Waals surface area contributed by atoms with Crippen LogP contribution in [0.25, 0.3) is 0 Å². The van der Waals surface area contributed by atoms with Crippen LogP contribution in [0, 0.1) is 0 Å². The Bertz CT molecular complexity index is 198. The van der Waals surface area contributed by atoms with Gasteiger partial charge in [-0.15, -0.1) is 0 Å². The number of methoxy groups -OCH3 is 1. The minimum Gasteiger partial charge on any atom is -0.453 e. The first-order valence-corrected chi connectivity index (χ1v) is 7.29. The van der Waals surface area contributed by atoms with Gasteiger partial charge in [-0.25, -0.2) is 4.79 Å². The van der Waals surface area contributed by atoms with Crippen LogP contribution < -0.4 is 5.73 Å². The third-order valence-corrected chi connectivity index (χ3v) is 3.10. The number of amides is 1. The third-order valence-electron chi connectivity index (χ3n) is 3.10. The highest BCUT2D eigenvalue weighted by atomic mass is 16.5. The lowest BCUT2D eigenvalue weighted by Gasteiger charge is -2.20. The molecular weight excluding hydrogens is 228 g/mol. The van der Waals surface area contributed by atoms with E-state index in [0.717, 1.165) is 19.4 Å². The standard InChI is InChI=1S/C14H30N2O2/c1-3-4-5-6-7-8-9-12-16(13-10-11-15)14(17)18-2/h3-13,15H2,1-2H3. The maximum absolute atomic E-state index is 11.5. The van der Waals surface area contributed by atoms with Gasteiger partial charge in [0.2, 0.25) is 0 Å². The summed E-state index contributed by atoms with van der Waals surface area (Å²) < 4.78 is 4.77. The van der Waals surface area contributed by atoms with Gasteiger partial charge in [0.1, 0.15) is 0 Å². The molecule has 0 aliphatic heterocycles. The molecule has 4 heteroatoms. The molecule has 0 bridgehead atoms. The Hall–Kier alpha value is -0.770. The Kier molecular flexibility index (Phi) is 12.1. The molecule has 0 radical (unpaired) electrons. The molecule has 0 spiro atoms. The van der Waals surface area contributed by atoms with Crippen LogP contribution in [0.1, 0.15) is 58.3 Å². The van der Waals surface area contributed by atoms with E-state index in [1.165, 1.54) is 45.6 Å². The van der Waals surface area contributed by atoms with Gasteiger partial charge in [0.05, 0.1) is 7.11 Å². The molecule has 0 fully saturated rings. The fourth-order valence-electron chi connectivity index (χ4n) is 1.97. The topological polar surface area (TPSA) is 55.6 Å². The van der Waals surface area contributed by atoms with E-state index in [2.05, 4.69) is 6.92 Å². The molecule has 18 heavy (non-hydrogen) atoms. The smallest absolute Gasteiger partial charge is 0.409 e. The molecule has 108 valence electrons. The molecule has 0 saturated heterocycles. The molecule has 0 aromatic rings. The summed E-state index contributed by atoms with van der Waals surface area (Å²) in [6.07, 6.45) is 9.41. The minimum absolute atomic E-state index is 0.227. The number of hydrogen-bond donors (Lipinski definition) is 1. The quantitative estimate of drug-likeness (QED) is 0.579. The van der Waals surface area contributed by atoms with Gasteiger partial charge < -0.3 is 15.4 Å². The number of ether oxygens (including phenoxy) is 1. The first kappa shape index (κ1) is 17.2. The number of nitrogens with two attached hydrogens (primary N) is 1. The summed E-state index contributed by atoms with van der Waals surface area (Å²) in [5, 5.41) is 0. The van der Waals surface area contributed by atoms with E-state index in [1.807, 2.05) is 0 Å². The molecule has 0 atom stereocenters. The lowest BCUT2D eigenvalue weighted by Crippen LogP contribution is -2.33. The van der Waals surface area contributed by atoms with Crippen LogP contribution in [0.2, 0.25) is 0 Å². The van der Waals surface area contributed by atoms with Crippen molar-refractivity contribution >= 4 is 6.09 Å². The summed E-state index contributed by atoms with van der Waals surface area (Å²) in [6, 6.07) is 0. The Morgan fingerprint density at radius 3 is 2.11 bits per heavy atom. The van der Waals surface area contributed by atoms with Crippen LogP contribution in [-0.4, -0.2) is 37.7 Å². The van der Waals surface area contributed by atoms with Gasteiger partial charge in [0, 0.05) is 13.1 Å². The molecule has 2 N–H and O–H groups in total. The van der Waals surface area contributed by atoms with Crippen molar-refractivity contribution in [3.05, 3.63) is 0 Å². The molecule has 0 saturated carbocycles. The van der Waals surface area contributed by atoms with Crippen LogP contribution in [0.3, 0.4) is 0 Å². The molecule has 0 aromatic carbocycles. The zero-order valence-corrected chi connectivity index (χ0v) is 12.1. The Balaban J connectivity index is 3.59. The van der Waals surface area contributed by atoms with Crippen molar-refractivity contribution in [2.75, 3.05) is 26.7 Å². The van der Waals surface area contributed by atoms with Gasteiger partial charge >= 0.3 is 6.09 Å². The highest BCUT2D eigenvalue weighted by Crippen LogP contribution is 2.08. The molecule has 0 aliphatic carbocycles. The Labute approximate surface area is 112 Å². The normalized spacial score (nSPS) is 10.4. The zero-order chi connectivity index (χ0) is 13.6. The number of nitrogens with zero attached hydrogens (tertiary/aromatic N) is 1. The predicted octanol–water partition coefficient (Wildman–Crippen LogP) is 3.15. The minimum atomic E-state index is -0.227. The zero-order valence-electron chi connectivity index (χ0n) is 12.1. The monoisotopic (exact) mass is 258 g/mol. The first-order valence-electron chi connectivity index (χ1n) is 7.29. The third kappa shape index (κ3) is 9.28. The lowest BCUT2D eigenvalue weighted by atomic mass is 10.1. The van der Waals surface area contributed by atoms with Crippen LogP contribution >= 0.6 is 0 Å². The van der Waals surface area contributed by atoms with E-state index in [-0.39, 0.29) is 6.09 Å². The fourth-order valence-corrected chi connectivity index (χ4v) is 1.97. The summed E-state index contributed by atoms with van der Waals surface area (Å²) in [7, 11) is 1.43. The Morgan fingerprint density at radius 2 is 1.56 bits per heavy atom. The summed E-state index contributed by atoms with van der Waals surface area (Å²) in [4.78, 5) is 13.2. The molecule has 4 nitrogen and oxygen atoms in total. The second kappa shape index (κ2) is 12.7.